The van der Waals surface area contributed by atoms with Crippen molar-refractivity contribution in [2.45, 2.75) is 6.92 Å². The first-order chi connectivity index (χ1) is 4.79. The van der Waals surface area contributed by atoms with E-state index in [1.807, 2.05) is 6.08 Å². The van der Waals surface area contributed by atoms with E-state index in [9.17, 15) is 0 Å². The molecule has 1 heterocycles. The van der Waals surface area contributed by atoms with Crippen LogP contribution in [-0.4, -0.2) is 18.2 Å². The summed E-state index contributed by atoms with van der Waals surface area (Å²) in [5, 5.41) is 12.3. The van der Waals surface area contributed by atoms with Gasteiger partial charge in [-0.2, -0.15) is 0 Å². The highest BCUT2D eigenvalue weighted by Gasteiger charge is 2.51. The van der Waals surface area contributed by atoms with Gasteiger partial charge in [0.2, 0.25) is 0 Å². The zero-order valence-corrected chi connectivity index (χ0v) is 6.17. The van der Waals surface area contributed by atoms with Crippen molar-refractivity contribution in [1.29, 1.82) is 0 Å². The lowest BCUT2D eigenvalue weighted by Gasteiger charge is -1.97. The van der Waals surface area contributed by atoms with Crippen molar-refractivity contribution < 1.29 is 5.11 Å². The molecule has 2 N–H and O–H groups in total. The van der Waals surface area contributed by atoms with Crippen LogP contribution in [0.1, 0.15) is 6.92 Å². The fourth-order valence-corrected chi connectivity index (χ4v) is 1.99. The van der Waals surface area contributed by atoms with Gasteiger partial charge in [-0.15, -0.1) is 0 Å². The molecule has 0 amide bonds. The lowest BCUT2D eigenvalue weighted by Crippen LogP contribution is -2.13. The van der Waals surface area contributed by atoms with Crippen LogP contribution < -0.4 is 5.32 Å². The molecule has 0 radical (unpaired) electrons. The maximum absolute atomic E-state index is 8.96. The summed E-state index contributed by atoms with van der Waals surface area (Å²) in [6.45, 7) is 4.06. The minimum absolute atomic E-state index is 0.486. The van der Waals surface area contributed by atoms with Gasteiger partial charge in [-0.3, -0.25) is 0 Å². The molecule has 0 aromatic rings. The van der Waals surface area contributed by atoms with E-state index in [1.54, 1.807) is 6.92 Å². The molecule has 1 aliphatic carbocycles. The Bertz CT molecular complexity index is 162. The van der Waals surface area contributed by atoms with Crippen LogP contribution in [0.4, 0.5) is 0 Å². The predicted molar refractivity (Wildman–Crippen MR) is 39.7 cm³/mol. The number of hydrogen-bond acceptors (Lipinski definition) is 2. The van der Waals surface area contributed by atoms with Crippen LogP contribution in [0.2, 0.25) is 0 Å². The maximum Gasteiger partial charge on any atom is 0.0855 e. The van der Waals surface area contributed by atoms with Gasteiger partial charge in [0.15, 0.2) is 0 Å². The standard InChI is InChI=1S/C8H13NO/c1-5(10)2-6-7-3-9-4-8(6)7/h2,6-10H,3-4H2,1H3/t6?,7-,8+. The number of hydrogen-bond donors (Lipinski definition) is 2. The summed E-state index contributed by atoms with van der Waals surface area (Å²) in [6.07, 6.45) is 2.00. The molecule has 1 saturated heterocycles. The molecule has 0 bridgehead atoms. The first kappa shape index (κ1) is 6.23. The Labute approximate surface area is 60.9 Å². The molecular formula is C8H13NO. The second kappa shape index (κ2) is 1.99. The molecule has 2 rings (SSSR count). The lowest BCUT2D eigenvalue weighted by molar-refractivity contribution is 0.408. The number of piperidine rings is 1. The van der Waals surface area contributed by atoms with Crippen molar-refractivity contribution in [3.63, 3.8) is 0 Å². The zero-order valence-electron chi connectivity index (χ0n) is 6.17. The number of aliphatic hydroxyl groups excluding tert-OH is 1. The molecule has 2 heteroatoms. The van der Waals surface area contributed by atoms with Crippen LogP contribution in [0.3, 0.4) is 0 Å². The summed E-state index contributed by atoms with van der Waals surface area (Å²) in [4.78, 5) is 0. The minimum atomic E-state index is 0.486. The highest BCUT2D eigenvalue weighted by molar-refractivity contribution is 5.13. The molecule has 10 heavy (non-hydrogen) atoms. The Balaban J connectivity index is 1.95. The van der Waals surface area contributed by atoms with Crippen molar-refractivity contribution in [3.05, 3.63) is 11.8 Å². The van der Waals surface area contributed by atoms with Gasteiger partial charge in [0.25, 0.3) is 0 Å². The van der Waals surface area contributed by atoms with Gasteiger partial charge in [0.1, 0.15) is 0 Å². The summed E-state index contributed by atoms with van der Waals surface area (Å²) in [5.74, 6) is 2.84. The quantitative estimate of drug-likeness (QED) is 0.529. The number of allylic oxidation sites excluding steroid dienone is 2. The molecule has 0 aromatic heterocycles. The van der Waals surface area contributed by atoms with Crippen LogP contribution in [0.25, 0.3) is 0 Å². The van der Waals surface area contributed by atoms with E-state index in [1.165, 1.54) is 0 Å². The van der Waals surface area contributed by atoms with Crippen molar-refractivity contribution in [1.82, 2.24) is 5.32 Å². The van der Waals surface area contributed by atoms with E-state index in [2.05, 4.69) is 5.32 Å². The van der Waals surface area contributed by atoms with Crippen LogP contribution in [0, 0.1) is 17.8 Å². The molecular weight excluding hydrogens is 126 g/mol. The third kappa shape index (κ3) is 0.833. The Morgan fingerprint density at radius 1 is 1.50 bits per heavy atom. The van der Waals surface area contributed by atoms with E-state index >= 15 is 0 Å². The van der Waals surface area contributed by atoms with Gasteiger partial charge in [-0.25, -0.2) is 0 Å². The highest BCUT2D eigenvalue weighted by Crippen LogP contribution is 2.49. The van der Waals surface area contributed by atoms with Crippen molar-refractivity contribution in [2.75, 3.05) is 13.1 Å². The molecule has 3 atom stereocenters. The first-order valence-corrected chi connectivity index (χ1v) is 3.87. The third-order valence-corrected chi connectivity index (χ3v) is 2.59. The molecule has 1 saturated carbocycles. The predicted octanol–water partition coefficient (Wildman–Crippen LogP) is 0.914. The smallest absolute Gasteiger partial charge is 0.0855 e. The summed E-state index contributed by atoms with van der Waals surface area (Å²) in [5.41, 5.74) is 0. The largest absolute Gasteiger partial charge is 0.513 e. The number of fused-ring (bicyclic) bond motifs is 1. The van der Waals surface area contributed by atoms with E-state index in [0.717, 1.165) is 24.9 Å². The van der Waals surface area contributed by atoms with Gasteiger partial charge in [-0.05, 0) is 43.8 Å². The maximum atomic E-state index is 8.96. The summed E-state index contributed by atoms with van der Waals surface area (Å²) in [6, 6.07) is 0. The monoisotopic (exact) mass is 139 g/mol. The fourth-order valence-electron chi connectivity index (χ4n) is 1.99. The Morgan fingerprint density at radius 3 is 2.60 bits per heavy atom. The average Bonchev–Trinajstić information content (AvgIpc) is 2.40. The normalized spacial score (nSPS) is 45.3. The molecule has 1 unspecified atom stereocenters. The summed E-state index contributed by atoms with van der Waals surface area (Å²) in [7, 11) is 0. The number of rotatable bonds is 1. The van der Waals surface area contributed by atoms with Crippen LogP contribution in [-0.2, 0) is 0 Å². The third-order valence-electron chi connectivity index (χ3n) is 2.59. The summed E-state index contributed by atoms with van der Waals surface area (Å²) >= 11 is 0. The number of nitrogens with one attached hydrogen (secondary N) is 1. The average molecular weight is 139 g/mol. The second-order valence-corrected chi connectivity index (χ2v) is 3.37. The minimum Gasteiger partial charge on any atom is -0.513 e. The first-order valence-electron chi connectivity index (χ1n) is 3.87. The van der Waals surface area contributed by atoms with E-state index in [0.29, 0.717) is 11.7 Å². The molecule has 2 aliphatic rings. The van der Waals surface area contributed by atoms with Crippen LogP contribution in [0.15, 0.2) is 11.8 Å². The van der Waals surface area contributed by atoms with Gasteiger partial charge in [0, 0.05) is 0 Å². The van der Waals surface area contributed by atoms with Crippen molar-refractivity contribution >= 4 is 0 Å². The molecule has 2 nitrogen and oxygen atoms in total. The van der Waals surface area contributed by atoms with Crippen LogP contribution in [0.5, 0.6) is 0 Å². The van der Waals surface area contributed by atoms with E-state index in [4.69, 9.17) is 5.11 Å². The number of aliphatic hydroxyl groups is 1. The Hall–Kier alpha value is -0.500. The topological polar surface area (TPSA) is 32.3 Å². The van der Waals surface area contributed by atoms with Crippen LogP contribution >= 0.6 is 0 Å². The molecule has 0 aromatic carbocycles. The summed E-state index contributed by atoms with van der Waals surface area (Å²) < 4.78 is 0. The lowest BCUT2D eigenvalue weighted by atomic mass is 10.2. The second-order valence-electron chi connectivity index (χ2n) is 3.37. The van der Waals surface area contributed by atoms with Gasteiger partial charge in [0.05, 0.1) is 5.76 Å². The molecule has 0 spiro atoms. The van der Waals surface area contributed by atoms with Crippen molar-refractivity contribution in [3.8, 4) is 0 Å². The SMILES string of the molecule is CC(O)=CC1[C@H]2CNC[C@@H]12. The van der Waals surface area contributed by atoms with Gasteiger partial charge < -0.3 is 10.4 Å². The van der Waals surface area contributed by atoms with E-state index in [-0.39, 0.29) is 0 Å². The molecule has 1 aliphatic heterocycles. The zero-order chi connectivity index (χ0) is 7.14. The van der Waals surface area contributed by atoms with Gasteiger partial charge in [-0.1, -0.05) is 0 Å². The molecule has 56 valence electrons. The highest BCUT2D eigenvalue weighted by atomic mass is 16.3. The fraction of sp³-hybridized carbons (Fsp3) is 0.750. The Kier molecular flexibility index (Phi) is 1.24. The molecule has 2 fully saturated rings. The van der Waals surface area contributed by atoms with E-state index < -0.39 is 0 Å². The Morgan fingerprint density at radius 2 is 2.10 bits per heavy atom. The van der Waals surface area contributed by atoms with Crippen molar-refractivity contribution in [2.24, 2.45) is 17.8 Å². The van der Waals surface area contributed by atoms with Gasteiger partial charge >= 0.3 is 0 Å².